The lowest BCUT2D eigenvalue weighted by atomic mass is 10.0. The predicted molar refractivity (Wildman–Crippen MR) is 112 cm³/mol. The third kappa shape index (κ3) is 4.41. The van der Waals surface area contributed by atoms with Gasteiger partial charge in [-0.15, -0.1) is 0 Å². The number of alkyl halides is 3. The third-order valence-electron chi connectivity index (χ3n) is 5.35. The highest BCUT2D eigenvalue weighted by Crippen LogP contribution is 2.35. The zero-order valence-corrected chi connectivity index (χ0v) is 18.4. The Hall–Kier alpha value is -3.65. The Morgan fingerprint density at radius 1 is 1.26 bits per heavy atom. The molecule has 0 saturated carbocycles. The van der Waals surface area contributed by atoms with Crippen molar-refractivity contribution in [3.63, 3.8) is 0 Å². The van der Waals surface area contributed by atoms with Crippen LogP contribution in [0.25, 0.3) is 5.82 Å². The summed E-state index contributed by atoms with van der Waals surface area (Å²) in [6, 6.07) is 6.87. The van der Waals surface area contributed by atoms with Gasteiger partial charge in [-0.3, -0.25) is 4.79 Å². The molecule has 0 spiro atoms. The molecule has 0 bridgehead atoms. The number of hydrogen-bond acceptors (Lipinski definition) is 5. The van der Waals surface area contributed by atoms with E-state index in [1.54, 1.807) is 4.68 Å². The summed E-state index contributed by atoms with van der Waals surface area (Å²) in [4.78, 5) is 18.8. The summed E-state index contributed by atoms with van der Waals surface area (Å²) in [5, 5.41) is 13.3. The number of ether oxygens (including phenoxy) is 1. The van der Waals surface area contributed by atoms with Crippen LogP contribution in [0.3, 0.4) is 0 Å². The summed E-state index contributed by atoms with van der Waals surface area (Å²) in [5.41, 5.74) is 1.07. The minimum Gasteiger partial charge on any atom is -0.480 e. The standard InChI is InChI=1S/C22H16ClF4N5O2/c1-12(22(25,26)27)34-17-4-2-13(8-28)20(23)19(17)21(33)31-7-6-16-14(11-31)9-30-32(16)18-5-3-15(24)10-29-18/h2-5,9-10,12H,6-7,11H2,1H3. The second-order valence-electron chi connectivity index (χ2n) is 7.55. The Morgan fingerprint density at radius 2 is 2.03 bits per heavy atom. The molecule has 0 fully saturated rings. The Morgan fingerprint density at radius 3 is 2.68 bits per heavy atom. The number of benzene rings is 1. The summed E-state index contributed by atoms with van der Waals surface area (Å²) in [6.45, 7) is 1.10. The van der Waals surface area contributed by atoms with Crippen LogP contribution in [0.1, 0.15) is 34.1 Å². The van der Waals surface area contributed by atoms with Gasteiger partial charge in [-0.1, -0.05) is 11.6 Å². The quantitative estimate of drug-likeness (QED) is 0.501. The van der Waals surface area contributed by atoms with E-state index in [4.69, 9.17) is 16.3 Å². The normalized spacial score (nSPS) is 14.3. The van der Waals surface area contributed by atoms with Gasteiger partial charge in [-0.2, -0.15) is 23.5 Å². The third-order valence-corrected chi connectivity index (χ3v) is 5.75. The molecule has 1 aliphatic heterocycles. The molecule has 12 heteroatoms. The molecule has 1 unspecified atom stereocenters. The van der Waals surface area contributed by atoms with E-state index >= 15 is 0 Å². The number of hydrogen-bond donors (Lipinski definition) is 0. The van der Waals surface area contributed by atoms with E-state index in [0.29, 0.717) is 17.8 Å². The monoisotopic (exact) mass is 493 g/mol. The second kappa shape index (κ2) is 8.95. The van der Waals surface area contributed by atoms with E-state index in [2.05, 4.69) is 10.1 Å². The second-order valence-corrected chi connectivity index (χ2v) is 7.93. The lowest BCUT2D eigenvalue weighted by Crippen LogP contribution is -2.37. The largest absolute Gasteiger partial charge is 0.480 e. The van der Waals surface area contributed by atoms with Crippen LogP contribution >= 0.6 is 11.6 Å². The molecule has 0 saturated heterocycles. The number of nitrogens with zero attached hydrogens (tertiary/aromatic N) is 5. The zero-order chi connectivity index (χ0) is 24.6. The lowest BCUT2D eigenvalue weighted by Gasteiger charge is -2.29. The molecule has 4 rings (SSSR count). The van der Waals surface area contributed by atoms with Crippen molar-refractivity contribution in [1.82, 2.24) is 19.7 Å². The van der Waals surface area contributed by atoms with Crippen molar-refractivity contribution in [2.75, 3.05) is 6.54 Å². The Bertz CT molecular complexity index is 1280. The molecular formula is C22H16ClF4N5O2. The Kier molecular flexibility index (Phi) is 6.18. The zero-order valence-electron chi connectivity index (χ0n) is 17.6. The van der Waals surface area contributed by atoms with Crippen LogP contribution in [0.5, 0.6) is 5.75 Å². The van der Waals surface area contributed by atoms with E-state index in [-0.39, 0.29) is 35.0 Å². The summed E-state index contributed by atoms with van der Waals surface area (Å²) in [7, 11) is 0. The molecule has 0 radical (unpaired) electrons. The van der Waals surface area contributed by atoms with Crippen LogP contribution in [0.4, 0.5) is 17.6 Å². The summed E-state index contributed by atoms with van der Waals surface area (Å²) in [5.74, 6) is -1.12. The van der Waals surface area contributed by atoms with Crippen molar-refractivity contribution < 1.29 is 27.1 Å². The highest BCUT2D eigenvalue weighted by molar-refractivity contribution is 6.35. The topological polar surface area (TPSA) is 84.0 Å². The minimum atomic E-state index is -4.66. The van der Waals surface area contributed by atoms with Crippen molar-refractivity contribution in [2.24, 2.45) is 0 Å². The van der Waals surface area contributed by atoms with Gasteiger partial charge < -0.3 is 9.64 Å². The van der Waals surface area contributed by atoms with Crippen molar-refractivity contribution in [1.29, 1.82) is 5.26 Å². The number of fused-ring (bicyclic) bond motifs is 1. The molecule has 34 heavy (non-hydrogen) atoms. The number of rotatable bonds is 4. The van der Waals surface area contributed by atoms with E-state index in [9.17, 15) is 27.6 Å². The van der Waals surface area contributed by atoms with E-state index in [0.717, 1.165) is 24.9 Å². The van der Waals surface area contributed by atoms with Crippen molar-refractivity contribution in [3.05, 3.63) is 69.9 Å². The van der Waals surface area contributed by atoms with Gasteiger partial charge in [0.05, 0.1) is 28.7 Å². The lowest BCUT2D eigenvalue weighted by molar-refractivity contribution is -0.189. The van der Waals surface area contributed by atoms with Gasteiger partial charge >= 0.3 is 6.18 Å². The highest BCUT2D eigenvalue weighted by atomic mass is 35.5. The molecule has 176 valence electrons. The average molecular weight is 494 g/mol. The van der Waals surface area contributed by atoms with Crippen LogP contribution in [0.15, 0.2) is 36.7 Å². The van der Waals surface area contributed by atoms with Gasteiger partial charge in [-0.25, -0.2) is 14.1 Å². The summed E-state index contributed by atoms with van der Waals surface area (Å²) in [6.07, 6.45) is -3.90. The summed E-state index contributed by atoms with van der Waals surface area (Å²) < 4.78 is 58.9. The van der Waals surface area contributed by atoms with E-state index in [1.807, 2.05) is 6.07 Å². The number of pyridine rings is 1. The maximum atomic E-state index is 13.4. The van der Waals surface area contributed by atoms with Gasteiger partial charge in [0.25, 0.3) is 5.91 Å². The van der Waals surface area contributed by atoms with Crippen LogP contribution in [0.2, 0.25) is 5.02 Å². The fraction of sp³-hybridized carbons (Fsp3) is 0.273. The Labute approximate surface area is 196 Å². The maximum absolute atomic E-state index is 13.4. The van der Waals surface area contributed by atoms with E-state index in [1.165, 1.54) is 29.3 Å². The molecule has 0 N–H and O–H groups in total. The van der Waals surface area contributed by atoms with Gasteiger partial charge in [0.15, 0.2) is 11.9 Å². The molecule has 1 atom stereocenters. The van der Waals surface area contributed by atoms with Crippen LogP contribution in [0, 0.1) is 17.1 Å². The van der Waals surface area contributed by atoms with Gasteiger partial charge in [0.2, 0.25) is 0 Å². The van der Waals surface area contributed by atoms with Gasteiger partial charge in [-0.05, 0) is 31.2 Å². The number of carbonyl (C=O) groups is 1. The molecule has 0 aliphatic carbocycles. The number of carbonyl (C=O) groups excluding carboxylic acids is 1. The van der Waals surface area contributed by atoms with Crippen molar-refractivity contribution in [2.45, 2.75) is 32.2 Å². The van der Waals surface area contributed by atoms with Crippen LogP contribution in [-0.4, -0.2) is 44.4 Å². The average Bonchev–Trinajstić information content (AvgIpc) is 3.22. The molecule has 3 aromatic rings. The highest BCUT2D eigenvalue weighted by Gasteiger charge is 2.39. The molecule has 1 aromatic carbocycles. The van der Waals surface area contributed by atoms with Gasteiger partial charge in [0, 0.05) is 25.1 Å². The first kappa shape index (κ1) is 23.5. The van der Waals surface area contributed by atoms with Crippen molar-refractivity contribution in [3.8, 4) is 17.6 Å². The molecule has 2 aromatic heterocycles. The SMILES string of the molecule is CC(Oc1ccc(C#N)c(Cl)c1C(=O)N1CCc2c(cnn2-c2ccc(F)cn2)C1)C(F)(F)F. The van der Waals surface area contributed by atoms with Crippen LogP contribution < -0.4 is 4.74 Å². The molecule has 1 aliphatic rings. The summed E-state index contributed by atoms with van der Waals surface area (Å²) >= 11 is 6.24. The first-order valence-electron chi connectivity index (χ1n) is 10.0. The Balaban J connectivity index is 1.64. The fourth-order valence-electron chi connectivity index (χ4n) is 3.55. The first-order valence-corrected chi connectivity index (χ1v) is 10.4. The van der Waals surface area contributed by atoms with Crippen molar-refractivity contribution >= 4 is 17.5 Å². The number of nitriles is 1. The van der Waals surface area contributed by atoms with E-state index < -0.39 is 24.0 Å². The number of amides is 1. The number of aromatic nitrogens is 3. The van der Waals surface area contributed by atoms with Crippen LogP contribution in [-0.2, 0) is 13.0 Å². The molecule has 3 heterocycles. The molecule has 1 amide bonds. The van der Waals surface area contributed by atoms with Gasteiger partial charge in [0.1, 0.15) is 23.2 Å². The smallest absolute Gasteiger partial charge is 0.425 e. The predicted octanol–water partition coefficient (Wildman–Crippen LogP) is 4.46. The molecular weight excluding hydrogens is 478 g/mol. The number of halogens is 5. The minimum absolute atomic E-state index is 0.0649. The molecule has 7 nitrogen and oxygen atoms in total. The first-order chi connectivity index (χ1) is 16.1. The fourth-order valence-corrected chi connectivity index (χ4v) is 3.83. The maximum Gasteiger partial charge on any atom is 0.425 e.